The maximum Gasteiger partial charge on any atom is 0.155 e. The molecule has 2 atom stereocenters. The second-order valence-corrected chi connectivity index (χ2v) is 5.05. The third-order valence-corrected chi connectivity index (χ3v) is 3.82. The zero-order valence-electron chi connectivity index (χ0n) is 10.2. The average molecular weight is 214 g/mol. The number of benzene rings is 1. The molecule has 0 bridgehead atoms. The summed E-state index contributed by atoms with van der Waals surface area (Å²) in [4.78, 5) is 11.4. The van der Waals surface area contributed by atoms with E-state index >= 15 is 0 Å². The second kappa shape index (κ2) is 3.89. The number of allylic oxidation sites excluding steroid dienone is 2. The van der Waals surface area contributed by atoms with E-state index in [1.165, 1.54) is 11.1 Å². The fourth-order valence-corrected chi connectivity index (χ4v) is 2.31. The van der Waals surface area contributed by atoms with Gasteiger partial charge in [-0.15, -0.1) is 0 Å². The molecule has 1 nitrogen and oxygen atoms in total. The number of carbonyl (C=O) groups excluding carboxylic acids is 1. The number of aryl methyl sites for hydroxylation is 1. The van der Waals surface area contributed by atoms with Crippen molar-refractivity contribution in [1.82, 2.24) is 0 Å². The van der Waals surface area contributed by atoms with E-state index in [4.69, 9.17) is 0 Å². The largest absolute Gasteiger partial charge is 0.295 e. The van der Waals surface area contributed by atoms with E-state index in [1.807, 2.05) is 0 Å². The molecule has 0 spiro atoms. The molecule has 0 aromatic heterocycles. The molecular weight excluding hydrogens is 196 g/mol. The van der Waals surface area contributed by atoms with Crippen molar-refractivity contribution in [3.8, 4) is 0 Å². The summed E-state index contributed by atoms with van der Waals surface area (Å²) >= 11 is 0. The summed E-state index contributed by atoms with van der Waals surface area (Å²) in [7, 11) is 0. The van der Waals surface area contributed by atoms with Crippen LogP contribution in [0.25, 0.3) is 0 Å². The Morgan fingerprint density at radius 1 is 1.25 bits per heavy atom. The van der Waals surface area contributed by atoms with Crippen molar-refractivity contribution < 1.29 is 4.79 Å². The fourth-order valence-electron chi connectivity index (χ4n) is 2.31. The van der Waals surface area contributed by atoms with Crippen LogP contribution in [0.5, 0.6) is 0 Å². The maximum atomic E-state index is 11.4. The Morgan fingerprint density at radius 3 is 2.44 bits per heavy atom. The van der Waals surface area contributed by atoms with E-state index in [-0.39, 0.29) is 11.2 Å². The van der Waals surface area contributed by atoms with Gasteiger partial charge in [-0.3, -0.25) is 4.79 Å². The van der Waals surface area contributed by atoms with Crippen LogP contribution in [0.1, 0.15) is 31.4 Å². The summed E-state index contributed by atoms with van der Waals surface area (Å²) in [5.41, 5.74) is 2.58. The Balaban J connectivity index is 2.41. The predicted molar refractivity (Wildman–Crippen MR) is 66.5 cm³/mol. The predicted octanol–water partition coefficient (Wildman–Crippen LogP) is 3.42. The van der Waals surface area contributed by atoms with E-state index in [1.54, 1.807) is 6.08 Å². The van der Waals surface area contributed by atoms with E-state index in [0.717, 1.165) is 0 Å². The van der Waals surface area contributed by atoms with Gasteiger partial charge in [-0.05, 0) is 24.5 Å². The minimum Gasteiger partial charge on any atom is -0.295 e. The summed E-state index contributed by atoms with van der Waals surface area (Å²) in [5.74, 6) is 0.616. The molecule has 0 heterocycles. The van der Waals surface area contributed by atoms with Crippen LogP contribution in [0.3, 0.4) is 0 Å². The van der Waals surface area contributed by atoms with Gasteiger partial charge in [0, 0.05) is 11.8 Å². The van der Waals surface area contributed by atoms with Crippen LogP contribution in [-0.2, 0) is 10.2 Å². The molecule has 1 aromatic carbocycles. The molecule has 0 aliphatic heterocycles. The van der Waals surface area contributed by atoms with E-state index < -0.39 is 0 Å². The first-order valence-electron chi connectivity index (χ1n) is 5.81. The Labute approximate surface area is 97.2 Å². The van der Waals surface area contributed by atoms with Crippen LogP contribution < -0.4 is 0 Å². The molecule has 0 saturated heterocycles. The zero-order chi connectivity index (χ0) is 11.8. The van der Waals surface area contributed by atoms with Gasteiger partial charge in [0.2, 0.25) is 0 Å². The third kappa shape index (κ3) is 1.82. The molecule has 16 heavy (non-hydrogen) atoms. The van der Waals surface area contributed by atoms with Gasteiger partial charge in [0.05, 0.1) is 0 Å². The highest BCUT2D eigenvalue weighted by Gasteiger charge is 2.34. The molecule has 0 radical (unpaired) electrons. The summed E-state index contributed by atoms with van der Waals surface area (Å²) in [6.07, 6.45) is 4.45. The molecule has 2 rings (SSSR count). The highest BCUT2D eigenvalue weighted by atomic mass is 16.1. The molecule has 0 unspecified atom stereocenters. The monoisotopic (exact) mass is 214 g/mol. The summed E-state index contributed by atoms with van der Waals surface area (Å²) < 4.78 is 0. The smallest absolute Gasteiger partial charge is 0.155 e. The minimum atomic E-state index is 0.00160. The SMILES string of the molecule is Cc1ccc([C@]2(C)C=CC(=O)C[C@H]2C)cc1. The van der Waals surface area contributed by atoms with Gasteiger partial charge < -0.3 is 0 Å². The topological polar surface area (TPSA) is 17.1 Å². The van der Waals surface area contributed by atoms with Crippen molar-refractivity contribution in [3.63, 3.8) is 0 Å². The van der Waals surface area contributed by atoms with Crippen LogP contribution in [0, 0.1) is 12.8 Å². The summed E-state index contributed by atoms with van der Waals surface area (Å²) in [5, 5.41) is 0. The molecule has 0 N–H and O–H groups in total. The molecule has 1 heteroatoms. The van der Waals surface area contributed by atoms with Crippen molar-refractivity contribution in [1.29, 1.82) is 0 Å². The molecule has 84 valence electrons. The molecule has 1 aromatic rings. The van der Waals surface area contributed by atoms with Crippen molar-refractivity contribution >= 4 is 5.78 Å². The van der Waals surface area contributed by atoms with Crippen LogP contribution in [-0.4, -0.2) is 5.78 Å². The lowest BCUT2D eigenvalue weighted by molar-refractivity contribution is -0.116. The van der Waals surface area contributed by atoms with Crippen LogP contribution in [0.15, 0.2) is 36.4 Å². The van der Waals surface area contributed by atoms with Gasteiger partial charge in [-0.25, -0.2) is 0 Å². The molecule has 1 aliphatic carbocycles. The van der Waals surface area contributed by atoms with E-state index in [9.17, 15) is 4.79 Å². The highest BCUT2D eigenvalue weighted by molar-refractivity contribution is 5.91. The number of ketones is 1. The first kappa shape index (κ1) is 11.1. The molecule has 1 aliphatic rings. The van der Waals surface area contributed by atoms with Gasteiger partial charge in [0.1, 0.15) is 0 Å². The lowest BCUT2D eigenvalue weighted by Crippen LogP contribution is -2.32. The molecule has 0 saturated carbocycles. The fraction of sp³-hybridized carbons (Fsp3) is 0.400. The first-order chi connectivity index (χ1) is 7.52. The van der Waals surface area contributed by atoms with Gasteiger partial charge in [0.15, 0.2) is 5.78 Å². The lowest BCUT2D eigenvalue weighted by Gasteiger charge is -2.35. The number of rotatable bonds is 1. The standard InChI is InChI=1S/C15H18O/c1-11-4-6-13(7-5-11)15(3)9-8-14(16)10-12(15)2/h4-9,12H,10H2,1-3H3/t12-,15-/m1/s1. The van der Waals surface area contributed by atoms with Crippen molar-refractivity contribution in [2.45, 2.75) is 32.6 Å². The van der Waals surface area contributed by atoms with Crippen molar-refractivity contribution in [2.24, 2.45) is 5.92 Å². The summed E-state index contributed by atoms with van der Waals surface area (Å²) in [6.45, 7) is 6.46. The second-order valence-electron chi connectivity index (χ2n) is 5.05. The Morgan fingerprint density at radius 2 is 1.88 bits per heavy atom. The minimum absolute atomic E-state index is 0.00160. The normalized spacial score (nSPS) is 29.4. The van der Waals surface area contributed by atoms with Crippen LogP contribution in [0.4, 0.5) is 0 Å². The Bertz CT molecular complexity index is 427. The summed E-state index contributed by atoms with van der Waals surface area (Å²) in [6, 6.07) is 8.62. The van der Waals surface area contributed by atoms with Crippen molar-refractivity contribution in [3.05, 3.63) is 47.5 Å². The third-order valence-electron chi connectivity index (χ3n) is 3.82. The number of hydrogen-bond donors (Lipinski definition) is 0. The van der Waals surface area contributed by atoms with Gasteiger partial charge in [-0.2, -0.15) is 0 Å². The zero-order valence-corrected chi connectivity index (χ0v) is 10.2. The van der Waals surface area contributed by atoms with Gasteiger partial charge >= 0.3 is 0 Å². The highest BCUT2D eigenvalue weighted by Crippen LogP contribution is 2.38. The van der Waals surface area contributed by atoms with E-state index in [2.05, 4.69) is 51.1 Å². The lowest BCUT2D eigenvalue weighted by atomic mass is 9.68. The Hall–Kier alpha value is -1.37. The van der Waals surface area contributed by atoms with Gasteiger partial charge in [-0.1, -0.05) is 49.8 Å². The first-order valence-corrected chi connectivity index (χ1v) is 5.81. The molecule has 0 fully saturated rings. The molecular formula is C15H18O. The number of hydrogen-bond acceptors (Lipinski definition) is 1. The molecule has 0 amide bonds. The average Bonchev–Trinajstić information content (AvgIpc) is 2.25. The van der Waals surface area contributed by atoms with E-state index in [0.29, 0.717) is 12.3 Å². The quantitative estimate of drug-likeness (QED) is 0.700. The van der Waals surface area contributed by atoms with Crippen molar-refractivity contribution in [2.75, 3.05) is 0 Å². The number of carbonyl (C=O) groups is 1. The Kier molecular flexibility index (Phi) is 2.71. The van der Waals surface area contributed by atoms with Gasteiger partial charge in [0.25, 0.3) is 0 Å². The van der Waals surface area contributed by atoms with Crippen LogP contribution >= 0.6 is 0 Å². The van der Waals surface area contributed by atoms with Crippen LogP contribution in [0.2, 0.25) is 0 Å². The maximum absolute atomic E-state index is 11.4.